The quantitative estimate of drug-likeness (QED) is 0.583. The minimum Gasteiger partial charge on any atom is -0.144 e. The molecule has 2 nitrogen and oxygen atoms in total. The van der Waals surface area contributed by atoms with E-state index in [1.807, 2.05) is 13.0 Å². The third kappa shape index (κ3) is 1.61. The normalized spacial score (nSPS) is 9.44. The predicted octanol–water partition coefficient (Wildman–Crippen LogP) is 1.58. The van der Waals surface area contributed by atoms with Crippen LogP contribution in [-0.4, -0.2) is 10.2 Å². The summed E-state index contributed by atoms with van der Waals surface area (Å²) in [5, 5.41) is 9.82. The van der Waals surface area contributed by atoms with E-state index in [4.69, 9.17) is 0 Å². The van der Waals surface area contributed by atoms with Crippen molar-refractivity contribution in [1.29, 1.82) is 0 Å². The molecule has 1 aromatic rings. The number of hydrogen-bond acceptors (Lipinski definition) is 3. The Labute approximate surface area is 58.2 Å². The van der Waals surface area contributed by atoms with E-state index in [2.05, 4.69) is 16.8 Å². The molecule has 0 aliphatic rings. The van der Waals surface area contributed by atoms with E-state index in [1.54, 1.807) is 11.3 Å². The molecule has 9 heavy (non-hydrogen) atoms. The van der Waals surface area contributed by atoms with Crippen LogP contribution in [-0.2, 0) is 6.42 Å². The molecule has 1 heterocycles. The van der Waals surface area contributed by atoms with Gasteiger partial charge in [0.2, 0.25) is 0 Å². The SMILES string of the molecule is C=CCc1nnc(C)s1. The van der Waals surface area contributed by atoms with Crippen LogP contribution in [0.5, 0.6) is 0 Å². The molecule has 1 aromatic heterocycles. The van der Waals surface area contributed by atoms with Gasteiger partial charge in [0.05, 0.1) is 0 Å². The minimum absolute atomic E-state index is 0.839. The first-order valence-electron chi connectivity index (χ1n) is 2.73. The number of nitrogens with zero attached hydrogens (tertiary/aromatic N) is 2. The van der Waals surface area contributed by atoms with Gasteiger partial charge >= 0.3 is 0 Å². The molecule has 3 heteroatoms. The first-order chi connectivity index (χ1) is 4.33. The maximum Gasteiger partial charge on any atom is 0.121 e. The molecule has 0 saturated heterocycles. The standard InChI is InChI=1S/C6H8N2S/c1-3-4-6-8-7-5(2)9-6/h3H,1,4H2,2H3. The van der Waals surface area contributed by atoms with Crippen molar-refractivity contribution in [1.82, 2.24) is 10.2 Å². The molecular formula is C6H8N2S. The average molecular weight is 140 g/mol. The minimum atomic E-state index is 0.839. The van der Waals surface area contributed by atoms with Crippen molar-refractivity contribution in [3.05, 3.63) is 22.7 Å². The highest BCUT2D eigenvalue weighted by Gasteiger charge is 1.94. The molecule has 0 N–H and O–H groups in total. The van der Waals surface area contributed by atoms with Crippen LogP contribution in [0.3, 0.4) is 0 Å². The summed E-state index contributed by atoms with van der Waals surface area (Å²) in [7, 11) is 0. The molecule has 1 rings (SSSR count). The predicted molar refractivity (Wildman–Crippen MR) is 38.5 cm³/mol. The molecule has 0 aromatic carbocycles. The first kappa shape index (κ1) is 6.42. The van der Waals surface area contributed by atoms with Crippen LogP contribution in [0.2, 0.25) is 0 Å². The monoisotopic (exact) mass is 140 g/mol. The first-order valence-corrected chi connectivity index (χ1v) is 3.54. The summed E-state index contributed by atoms with van der Waals surface area (Å²) >= 11 is 1.62. The van der Waals surface area contributed by atoms with E-state index < -0.39 is 0 Å². The maximum atomic E-state index is 3.90. The smallest absolute Gasteiger partial charge is 0.121 e. The molecule has 0 atom stereocenters. The molecule has 0 amide bonds. The molecule has 0 fully saturated rings. The van der Waals surface area contributed by atoms with Crippen LogP contribution in [0, 0.1) is 6.92 Å². The number of allylic oxidation sites excluding steroid dienone is 1. The van der Waals surface area contributed by atoms with E-state index in [9.17, 15) is 0 Å². The van der Waals surface area contributed by atoms with Crippen molar-refractivity contribution in [3.8, 4) is 0 Å². The molecule has 48 valence electrons. The lowest BCUT2D eigenvalue weighted by molar-refractivity contribution is 0.993. The second-order valence-electron chi connectivity index (χ2n) is 1.71. The fraction of sp³-hybridized carbons (Fsp3) is 0.333. The van der Waals surface area contributed by atoms with Crippen molar-refractivity contribution in [2.75, 3.05) is 0 Å². The summed E-state index contributed by atoms with van der Waals surface area (Å²) in [5.41, 5.74) is 0. The molecule has 0 saturated carbocycles. The fourth-order valence-electron chi connectivity index (χ4n) is 0.543. The Morgan fingerprint density at radius 3 is 2.89 bits per heavy atom. The van der Waals surface area contributed by atoms with Gasteiger partial charge in [0, 0.05) is 6.42 Å². The van der Waals surface area contributed by atoms with Crippen LogP contribution < -0.4 is 0 Å². The van der Waals surface area contributed by atoms with Crippen LogP contribution in [0.4, 0.5) is 0 Å². The van der Waals surface area contributed by atoms with Gasteiger partial charge in [-0.25, -0.2) is 0 Å². The lowest BCUT2D eigenvalue weighted by Gasteiger charge is -1.78. The molecular weight excluding hydrogens is 132 g/mol. The molecule has 0 unspecified atom stereocenters. The summed E-state index contributed by atoms with van der Waals surface area (Å²) in [6.07, 6.45) is 2.67. The summed E-state index contributed by atoms with van der Waals surface area (Å²) < 4.78 is 0. The van der Waals surface area contributed by atoms with Crippen LogP contribution in [0.25, 0.3) is 0 Å². The number of aryl methyl sites for hydroxylation is 1. The molecule has 0 aliphatic heterocycles. The summed E-state index contributed by atoms with van der Waals surface area (Å²) in [6.45, 7) is 5.55. The third-order valence-corrected chi connectivity index (χ3v) is 1.75. The van der Waals surface area contributed by atoms with Crippen molar-refractivity contribution >= 4 is 11.3 Å². The van der Waals surface area contributed by atoms with Crippen molar-refractivity contribution in [3.63, 3.8) is 0 Å². The van der Waals surface area contributed by atoms with Gasteiger partial charge < -0.3 is 0 Å². The van der Waals surface area contributed by atoms with Gasteiger partial charge in [0.25, 0.3) is 0 Å². The number of aromatic nitrogens is 2. The molecule has 0 radical (unpaired) electrons. The Balaban J connectivity index is 2.72. The average Bonchev–Trinajstić information content (AvgIpc) is 2.17. The Morgan fingerprint density at radius 2 is 2.44 bits per heavy atom. The zero-order chi connectivity index (χ0) is 6.69. The fourth-order valence-corrected chi connectivity index (χ4v) is 1.25. The second kappa shape index (κ2) is 2.73. The second-order valence-corrected chi connectivity index (χ2v) is 2.97. The lowest BCUT2D eigenvalue weighted by Crippen LogP contribution is -1.76. The molecule has 0 spiro atoms. The Hall–Kier alpha value is -0.700. The summed E-state index contributed by atoms with van der Waals surface area (Å²) in [4.78, 5) is 0. The Kier molecular flexibility index (Phi) is 1.95. The van der Waals surface area contributed by atoms with Gasteiger partial charge in [-0.05, 0) is 6.92 Å². The molecule has 0 bridgehead atoms. The number of hydrogen-bond donors (Lipinski definition) is 0. The molecule has 0 aliphatic carbocycles. The van der Waals surface area contributed by atoms with E-state index in [1.165, 1.54) is 0 Å². The number of rotatable bonds is 2. The van der Waals surface area contributed by atoms with Gasteiger partial charge in [-0.15, -0.1) is 28.1 Å². The van der Waals surface area contributed by atoms with Crippen molar-refractivity contribution in [2.45, 2.75) is 13.3 Å². The van der Waals surface area contributed by atoms with E-state index in [0.29, 0.717) is 0 Å². The van der Waals surface area contributed by atoms with Crippen LogP contribution in [0.1, 0.15) is 10.0 Å². The van der Waals surface area contributed by atoms with Gasteiger partial charge in [-0.1, -0.05) is 6.08 Å². The Bertz CT molecular complexity index is 205. The third-order valence-electron chi connectivity index (χ3n) is 0.887. The highest BCUT2D eigenvalue weighted by atomic mass is 32.1. The van der Waals surface area contributed by atoms with Crippen LogP contribution in [0.15, 0.2) is 12.7 Å². The largest absolute Gasteiger partial charge is 0.144 e. The summed E-state index contributed by atoms with van der Waals surface area (Å²) in [5.74, 6) is 0. The zero-order valence-corrected chi connectivity index (χ0v) is 6.11. The van der Waals surface area contributed by atoms with Gasteiger partial charge in [-0.3, -0.25) is 0 Å². The van der Waals surface area contributed by atoms with E-state index in [-0.39, 0.29) is 0 Å². The summed E-state index contributed by atoms with van der Waals surface area (Å²) in [6, 6.07) is 0. The Morgan fingerprint density at radius 1 is 1.67 bits per heavy atom. The van der Waals surface area contributed by atoms with Crippen molar-refractivity contribution in [2.24, 2.45) is 0 Å². The maximum absolute atomic E-state index is 3.90. The van der Waals surface area contributed by atoms with Crippen molar-refractivity contribution < 1.29 is 0 Å². The van der Waals surface area contributed by atoms with Gasteiger partial charge in [-0.2, -0.15) is 0 Å². The van der Waals surface area contributed by atoms with Gasteiger partial charge in [0.1, 0.15) is 10.0 Å². The highest BCUT2D eigenvalue weighted by Crippen LogP contribution is 2.07. The van der Waals surface area contributed by atoms with Crippen LogP contribution >= 0.6 is 11.3 Å². The lowest BCUT2D eigenvalue weighted by atomic mass is 10.5. The zero-order valence-electron chi connectivity index (χ0n) is 5.29. The van der Waals surface area contributed by atoms with E-state index in [0.717, 1.165) is 16.4 Å². The topological polar surface area (TPSA) is 25.8 Å². The highest BCUT2D eigenvalue weighted by molar-refractivity contribution is 7.11. The van der Waals surface area contributed by atoms with Gasteiger partial charge in [0.15, 0.2) is 0 Å². The van der Waals surface area contributed by atoms with E-state index >= 15 is 0 Å².